The average molecular weight is 516 g/mol. The molecule has 2 heterocycles. The fourth-order valence-corrected chi connectivity index (χ4v) is 3.89. The zero-order valence-electron chi connectivity index (χ0n) is 18.4. The summed E-state index contributed by atoms with van der Waals surface area (Å²) in [6.07, 6.45) is -3.98. The number of aromatic nitrogens is 3. The molecule has 0 bridgehead atoms. The van der Waals surface area contributed by atoms with Gasteiger partial charge in [-0.3, -0.25) is 4.79 Å². The van der Waals surface area contributed by atoms with Gasteiger partial charge in [-0.05, 0) is 29.0 Å². The number of nitrogens with one attached hydrogen (secondary N) is 1. The van der Waals surface area contributed by atoms with Gasteiger partial charge in [0.25, 0.3) is 5.91 Å². The van der Waals surface area contributed by atoms with Crippen molar-refractivity contribution >= 4 is 28.0 Å². The van der Waals surface area contributed by atoms with E-state index in [-0.39, 0.29) is 16.9 Å². The van der Waals surface area contributed by atoms with Gasteiger partial charge in [-0.2, -0.15) is 27.1 Å². The Morgan fingerprint density at radius 1 is 1.00 bits per heavy atom. The van der Waals surface area contributed by atoms with E-state index in [9.17, 15) is 31.1 Å². The topological polar surface area (TPSA) is 68.5 Å². The number of amides is 1. The molecule has 0 unspecified atom stereocenters. The molecule has 12 heteroatoms. The first kappa shape index (κ1) is 24.1. The maximum Gasteiger partial charge on any atom is 0.433 e. The van der Waals surface area contributed by atoms with E-state index < -0.39 is 41.6 Å². The van der Waals surface area contributed by atoms with Crippen molar-refractivity contribution in [2.24, 2.45) is 0 Å². The second-order valence-corrected chi connectivity index (χ2v) is 7.82. The Kier molecular flexibility index (Phi) is 5.94. The number of alkyl halides is 5. The Labute approximate surface area is 204 Å². The van der Waals surface area contributed by atoms with Crippen LogP contribution in [-0.2, 0) is 6.18 Å². The van der Waals surface area contributed by atoms with Crippen LogP contribution in [0.1, 0.15) is 16.1 Å². The van der Waals surface area contributed by atoms with E-state index in [2.05, 4.69) is 20.1 Å². The number of anilines is 1. The van der Waals surface area contributed by atoms with E-state index in [1.807, 2.05) is 0 Å². The molecule has 5 aromatic rings. The Hall–Kier alpha value is -4.61. The van der Waals surface area contributed by atoms with E-state index >= 15 is 0 Å². The number of ether oxygens (including phenoxy) is 1. The monoisotopic (exact) mass is 516 g/mol. The first-order chi connectivity index (χ1) is 17.6. The molecule has 5 rings (SSSR count). The van der Waals surface area contributed by atoms with Crippen molar-refractivity contribution in [2.75, 3.05) is 5.32 Å². The Balaban J connectivity index is 1.65. The molecular weight excluding hydrogens is 502 g/mol. The third kappa shape index (κ3) is 4.65. The van der Waals surface area contributed by atoms with Gasteiger partial charge in [0.1, 0.15) is 11.4 Å². The standard InChI is InChI=1S/C25H14F6N4O2/c26-14-8-9-18(20(10-14)37-24(27)28)34-23(36)17-12-32-35-21(25(29,30)31)11-19(33-22(17)35)16-7-3-5-13-4-1-2-6-15(13)16/h1-12,24H,(H,34,36). The summed E-state index contributed by atoms with van der Waals surface area (Å²) in [6, 6.07) is 15.4. The van der Waals surface area contributed by atoms with Gasteiger partial charge < -0.3 is 10.1 Å². The molecule has 188 valence electrons. The molecule has 0 saturated carbocycles. The van der Waals surface area contributed by atoms with Crippen molar-refractivity contribution in [2.45, 2.75) is 12.8 Å². The number of hydrogen-bond donors (Lipinski definition) is 1. The molecule has 3 aromatic carbocycles. The van der Waals surface area contributed by atoms with E-state index in [4.69, 9.17) is 0 Å². The van der Waals surface area contributed by atoms with E-state index in [0.717, 1.165) is 29.8 Å². The van der Waals surface area contributed by atoms with Gasteiger partial charge >= 0.3 is 12.8 Å². The average Bonchev–Trinajstić information content (AvgIpc) is 3.28. The van der Waals surface area contributed by atoms with Crippen LogP contribution in [0.3, 0.4) is 0 Å². The normalized spacial score (nSPS) is 11.9. The minimum absolute atomic E-state index is 0.0605. The van der Waals surface area contributed by atoms with Crippen molar-refractivity contribution in [3.63, 3.8) is 0 Å². The van der Waals surface area contributed by atoms with Gasteiger partial charge in [-0.25, -0.2) is 13.9 Å². The highest BCUT2D eigenvalue weighted by Crippen LogP contribution is 2.35. The molecule has 0 atom stereocenters. The fraction of sp³-hybridized carbons (Fsp3) is 0.0800. The predicted molar refractivity (Wildman–Crippen MR) is 122 cm³/mol. The van der Waals surface area contributed by atoms with E-state index in [1.165, 1.54) is 0 Å². The van der Waals surface area contributed by atoms with E-state index in [1.54, 1.807) is 42.5 Å². The van der Waals surface area contributed by atoms with Gasteiger partial charge in [0, 0.05) is 11.6 Å². The first-order valence-corrected chi connectivity index (χ1v) is 10.6. The molecule has 0 radical (unpaired) electrons. The summed E-state index contributed by atoms with van der Waals surface area (Å²) < 4.78 is 85.7. The molecule has 0 spiro atoms. The van der Waals surface area contributed by atoms with Gasteiger partial charge in [-0.15, -0.1) is 0 Å². The highest BCUT2D eigenvalue weighted by Gasteiger charge is 2.36. The summed E-state index contributed by atoms with van der Waals surface area (Å²) in [6.45, 7) is -3.31. The lowest BCUT2D eigenvalue weighted by Crippen LogP contribution is -2.16. The minimum Gasteiger partial charge on any atom is -0.432 e. The van der Waals surface area contributed by atoms with E-state index in [0.29, 0.717) is 21.5 Å². The summed E-state index contributed by atoms with van der Waals surface area (Å²) in [5, 5.41) is 7.35. The fourth-order valence-electron chi connectivity index (χ4n) is 3.89. The van der Waals surface area contributed by atoms with Gasteiger partial charge in [0.2, 0.25) is 0 Å². The van der Waals surface area contributed by atoms with Crippen molar-refractivity contribution in [3.05, 3.63) is 90.0 Å². The summed E-state index contributed by atoms with van der Waals surface area (Å²) in [7, 11) is 0. The number of carbonyl (C=O) groups is 1. The molecule has 1 N–H and O–H groups in total. The van der Waals surface area contributed by atoms with Crippen LogP contribution in [0.5, 0.6) is 5.75 Å². The first-order valence-electron chi connectivity index (χ1n) is 10.6. The molecule has 0 saturated heterocycles. The van der Waals surface area contributed by atoms with Gasteiger partial charge in [0.15, 0.2) is 17.1 Å². The van der Waals surface area contributed by atoms with Crippen molar-refractivity contribution in [1.29, 1.82) is 0 Å². The third-order valence-electron chi connectivity index (χ3n) is 5.48. The number of fused-ring (bicyclic) bond motifs is 2. The van der Waals surface area contributed by atoms with Crippen LogP contribution in [0.25, 0.3) is 27.7 Å². The number of carbonyl (C=O) groups excluding carboxylic acids is 1. The van der Waals surface area contributed by atoms with Crippen LogP contribution in [0.2, 0.25) is 0 Å². The van der Waals surface area contributed by atoms with Gasteiger partial charge in [0.05, 0.1) is 17.6 Å². The van der Waals surface area contributed by atoms with Crippen LogP contribution in [0.15, 0.2) is 72.9 Å². The van der Waals surface area contributed by atoms with Crippen LogP contribution in [-0.4, -0.2) is 27.1 Å². The Bertz CT molecular complexity index is 1640. The highest BCUT2D eigenvalue weighted by atomic mass is 19.4. The Morgan fingerprint density at radius 2 is 1.76 bits per heavy atom. The zero-order chi connectivity index (χ0) is 26.3. The Morgan fingerprint density at radius 3 is 2.51 bits per heavy atom. The molecule has 2 aromatic heterocycles. The smallest absolute Gasteiger partial charge is 0.432 e. The number of halogens is 6. The molecular formula is C25H14F6N4O2. The van der Waals surface area contributed by atoms with Crippen molar-refractivity contribution in [1.82, 2.24) is 14.6 Å². The molecule has 0 aliphatic heterocycles. The van der Waals surface area contributed by atoms with Crippen LogP contribution in [0, 0.1) is 5.82 Å². The summed E-state index contributed by atoms with van der Waals surface area (Å²) in [5.41, 5.74) is -1.97. The highest BCUT2D eigenvalue weighted by molar-refractivity contribution is 6.09. The quantitative estimate of drug-likeness (QED) is 0.269. The van der Waals surface area contributed by atoms with Crippen LogP contribution in [0.4, 0.5) is 32.0 Å². The lowest BCUT2D eigenvalue weighted by molar-refractivity contribution is -0.142. The minimum atomic E-state index is -4.85. The molecule has 0 aliphatic rings. The summed E-state index contributed by atoms with van der Waals surface area (Å²) >= 11 is 0. The van der Waals surface area contributed by atoms with Crippen molar-refractivity contribution in [3.8, 4) is 17.0 Å². The lowest BCUT2D eigenvalue weighted by Gasteiger charge is -2.13. The second kappa shape index (κ2) is 9.12. The van der Waals surface area contributed by atoms with Crippen molar-refractivity contribution < 1.29 is 35.9 Å². The molecule has 37 heavy (non-hydrogen) atoms. The zero-order valence-corrected chi connectivity index (χ0v) is 18.4. The summed E-state index contributed by atoms with van der Waals surface area (Å²) in [4.78, 5) is 17.3. The number of nitrogens with zero attached hydrogens (tertiary/aromatic N) is 3. The third-order valence-corrected chi connectivity index (χ3v) is 5.48. The van der Waals surface area contributed by atoms with Crippen LogP contribution >= 0.6 is 0 Å². The maximum absolute atomic E-state index is 14.0. The maximum atomic E-state index is 14.0. The molecule has 0 aliphatic carbocycles. The number of benzene rings is 3. The number of rotatable bonds is 5. The summed E-state index contributed by atoms with van der Waals surface area (Å²) in [5.74, 6) is -2.59. The number of hydrogen-bond acceptors (Lipinski definition) is 4. The molecule has 6 nitrogen and oxygen atoms in total. The molecule has 0 fully saturated rings. The predicted octanol–water partition coefficient (Wildman–Crippen LogP) is 6.56. The van der Waals surface area contributed by atoms with Gasteiger partial charge in [-0.1, -0.05) is 42.5 Å². The molecule has 1 amide bonds. The SMILES string of the molecule is O=C(Nc1ccc(F)cc1OC(F)F)c1cnn2c(C(F)(F)F)cc(-c3cccc4ccccc34)nc12. The van der Waals surface area contributed by atoms with Crippen LogP contribution < -0.4 is 10.1 Å². The second-order valence-electron chi connectivity index (χ2n) is 7.82. The lowest BCUT2D eigenvalue weighted by atomic mass is 10.0. The largest absolute Gasteiger partial charge is 0.433 e.